The number of halogens is 2. The highest BCUT2D eigenvalue weighted by Gasteiger charge is 2.14. The lowest BCUT2D eigenvalue weighted by Gasteiger charge is -2.04. The molecular formula is C10H13BrClN5O2S. The number of carbonyl (C=O) groups excluding carboxylic acids is 1. The highest BCUT2D eigenvalue weighted by Crippen LogP contribution is 2.19. The summed E-state index contributed by atoms with van der Waals surface area (Å²) in [5, 5.41) is 14.7. The van der Waals surface area contributed by atoms with E-state index in [1.165, 1.54) is 4.88 Å². The van der Waals surface area contributed by atoms with E-state index in [1.54, 1.807) is 11.3 Å². The summed E-state index contributed by atoms with van der Waals surface area (Å²) in [6.45, 7) is 1.88. The third-order valence-corrected chi connectivity index (χ3v) is 3.93. The average molecular weight is 383 g/mol. The zero-order valence-corrected chi connectivity index (χ0v) is 13.5. The molecule has 0 atom stereocenters. The quantitative estimate of drug-likeness (QED) is 0.652. The molecule has 0 aliphatic rings. The van der Waals surface area contributed by atoms with Crippen LogP contribution in [0.15, 0.2) is 20.5 Å². The van der Waals surface area contributed by atoms with Crippen LogP contribution in [0.1, 0.15) is 15.4 Å². The van der Waals surface area contributed by atoms with Crippen molar-refractivity contribution in [2.24, 2.45) is 0 Å². The third kappa shape index (κ3) is 4.75. The number of amides is 1. The maximum atomic E-state index is 11.6. The lowest BCUT2D eigenvalue weighted by atomic mass is 10.4. The molecule has 2 aromatic rings. The summed E-state index contributed by atoms with van der Waals surface area (Å²) in [5.41, 5.74) is 5.42. The predicted octanol–water partition coefficient (Wildman–Crippen LogP) is 1.42. The first-order valence-corrected chi connectivity index (χ1v) is 7.14. The Morgan fingerprint density at radius 1 is 1.45 bits per heavy atom. The average Bonchev–Trinajstić information content (AvgIpc) is 2.97. The molecule has 4 N–H and O–H groups in total. The summed E-state index contributed by atoms with van der Waals surface area (Å²) < 4.78 is 5.43. The van der Waals surface area contributed by atoms with Gasteiger partial charge in [-0.05, 0) is 32.3 Å². The fourth-order valence-corrected chi connectivity index (χ4v) is 2.78. The molecule has 0 unspecified atom stereocenters. The van der Waals surface area contributed by atoms with Gasteiger partial charge < -0.3 is 16.4 Å². The number of hydrogen-bond donors (Lipinski definition) is 3. The molecule has 2 aromatic heterocycles. The fourth-order valence-electron chi connectivity index (χ4n) is 1.36. The minimum atomic E-state index is -0.389. The monoisotopic (exact) mass is 381 g/mol. The molecule has 0 bridgehead atoms. The molecule has 0 saturated carbocycles. The number of thiophene rings is 1. The van der Waals surface area contributed by atoms with Crippen molar-refractivity contribution in [1.29, 1.82) is 0 Å². The minimum absolute atomic E-state index is 0. The first-order valence-electron chi connectivity index (χ1n) is 5.46. The standard InChI is InChI=1S/C10H12BrN5O2S.ClH/c11-6-3-7(19-5-6)4-13-1-2-14-10(17)8-9(12)16-18-15-8;/h3,5,13H,1-2,4H2,(H2,12,16)(H,14,17);1H. The van der Waals surface area contributed by atoms with E-state index in [9.17, 15) is 4.79 Å². The molecule has 0 spiro atoms. The fraction of sp³-hybridized carbons (Fsp3) is 0.300. The van der Waals surface area contributed by atoms with Crippen molar-refractivity contribution in [2.75, 3.05) is 18.8 Å². The molecule has 10 heteroatoms. The smallest absolute Gasteiger partial charge is 0.277 e. The lowest BCUT2D eigenvalue weighted by molar-refractivity contribution is 0.0944. The number of rotatable bonds is 6. The number of aromatic nitrogens is 2. The first-order chi connectivity index (χ1) is 9.16. The Kier molecular flexibility index (Phi) is 6.93. The van der Waals surface area contributed by atoms with E-state index in [0.29, 0.717) is 13.1 Å². The summed E-state index contributed by atoms with van der Waals surface area (Å²) >= 11 is 5.06. The molecule has 0 aliphatic heterocycles. The van der Waals surface area contributed by atoms with Crippen LogP contribution in [0.3, 0.4) is 0 Å². The van der Waals surface area contributed by atoms with E-state index in [1.807, 2.05) is 5.38 Å². The Balaban J connectivity index is 0.00000200. The summed E-state index contributed by atoms with van der Waals surface area (Å²) in [6, 6.07) is 2.05. The molecule has 1 amide bonds. The molecule has 0 aromatic carbocycles. The van der Waals surface area contributed by atoms with Gasteiger partial charge in [0.05, 0.1) is 0 Å². The maximum absolute atomic E-state index is 11.6. The van der Waals surface area contributed by atoms with Crippen LogP contribution in [-0.4, -0.2) is 29.3 Å². The maximum Gasteiger partial charge on any atom is 0.277 e. The van der Waals surface area contributed by atoms with Crippen molar-refractivity contribution in [3.63, 3.8) is 0 Å². The minimum Gasteiger partial charge on any atom is -0.379 e. The van der Waals surface area contributed by atoms with Gasteiger partial charge in [0.15, 0.2) is 0 Å². The Morgan fingerprint density at radius 2 is 2.25 bits per heavy atom. The second kappa shape index (κ2) is 8.20. The highest BCUT2D eigenvalue weighted by molar-refractivity contribution is 9.10. The Morgan fingerprint density at radius 3 is 2.85 bits per heavy atom. The Bertz CT molecular complexity index is 561. The summed E-state index contributed by atoms with van der Waals surface area (Å²) in [7, 11) is 0. The number of nitrogens with one attached hydrogen (secondary N) is 2. The van der Waals surface area contributed by atoms with E-state index >= 15 is 0 Å². The number of anilines is 1. The van der Waals surface area contributed by atoms with Crippen molar-refractivity contribution in [3.8, 4) is 0 Å². The van der Waals surface area contributed by atoms with Gasteiger partial charge in [0.2, 0.25) is 11.5 Å². The van der Waals surface area contributed by atoms with Crippen molar-refractivity contribution >= 4 is 51.4 Å². The lowest BCUT2D eigenvalue weighted by Crippen LogP contribution is -2.32. The second-order valence-electron chi connectivity index (χ2n) is 3.66. The molecule has 0 radical (unpaired) electrons. The first kappa shape index (κ1) is 16.9. The Labute approximate surface area is 133 Å². The van der Waals surface area contributed by atoms with Gasteiger partial charge in [-0.25, -0.2) is 4.63 Å². The van der Waals surface area contributed by atoms with Gasteiger partial charge in [-0.2, -0.15) is 0 Å². The van der Waals surface area contributed by atoms with Gasteiger partial charge >= 0.3 is 0 Å². The molecule has 110 valence electrons. The summed E-state index contributed by atoms with van der Waals surface area (Å²) in [6.07, 6.45) is 0. The van der Waals surface area contributed by atoms with E-state index < -0.39 is 0 Å². The van der Waals surface area contributed by atoms with Crippen LogP contribution in [0.5, 0.6) is 0 Å². The van der Waals surface area contributed by atoms with Gasteiger partial charge in [0.1, 0.15) is 0 Å². The van der Waals surface area contributed by atoms with Crippen molar-refractivity contribution in [1.82, 2.24) is 20.9 Å². The zero-order chi connectivity index (χ0) is 13.7. The second-order valence-corrected chi connectivity index (χ2v) is 5.57. The molecule has 0 saturated heterocycles. The van der Waals surface area contributed by atoms with E-state index in [0.717, 1.165) is 11.0 Å². The van der Waals surface area contributed by atoms with Gasteiger partial charge in [0, 0.05) is 34.4 Å². The molecule has 2 heterocycles. The molecular weight excluding hydrogens is 370 g/mol. The van der Waals surface area contributed by atoms with Crippen molar-refractivity contribution in [2.45, 2.75) is 6.54 Å². The number of nitrogens with two attached hydrogens (primary N) is 1. The van der Waals surface area contributed by atoms with Crippen LogP contribution >= 0.6 is 39.7 Å². The SMILES string of the molecule is Cl.Nc1nonc1C(=O)NCCNCc1cc(Br)cs1. The number of nitrogens with zero attached hydrogens (tertiary/aromatic N) is 2. The van der Waals surface area contributed by atoms with Crippen molar-refractivity contribution < 1.29 is 9.42 Å². The highest BCUT2D eigenvalue weighted by atomic mass is 79.9. The summed E-state index contributed by atoms with van der Waals surface area (Å²) in [4.78, 5) is 12.8. The van der Waals surface area contributed by atoms with Crippen LogP contribution in [0.25, 0.3) is 0 Å². The van der Waals surface area contributed by atoms with Gasteiger partial charge in [0.25, 0.3) is 5.91 Å². The van der Waals surface area contributed by atoms with Crippen LogP contribution in [0, 0.1) is 0 Å². The van der Waals surface area contributed by atoms with Crippen LogP contribution in [0.4, 0.5) is 5.82 Å². The summed E-state index contributed by atoms with van der Waals surface area (Å²) in [5.74, 6) is -0.395. The van der Waals surface area contributed by atoms with Crippen LogP contribution < -0.4 is 16.4 Å². The number of carbonyl (C=O) groups is 1. The largest absolute Gasteiger partial charge is 0.379 e. The van der Waals surface area contributed by atoms with Crippen molar-refractivity contribution in [3.05, 3.63) is 26.5 Å². The molecule has 0 aliphatic carbocycles. The van der Waals surface area contributed by atoms with Gasteiger partial charge in [-0.3, -0.25) is 4.79 Å². The van der Waals surface area contributed by atoms with Gasteiger partial charge in [-0.1, -0.05) is 0 Å². The Hall–Kier alpha value is -1.16. The molecule has 20 heavy (non-hydrogen) atoms. The van der Waals surface area contributed by atoms with E-state index in [2.05, 4.69) is 47.6 Å². The number of hydrogen-bond acceptors (Lipinski definition) is 7. The van der Waals surface area contributed by atoms with Crippen LogP contribution in [-0.2, 0) is 6.54 Å². The zero-order valence-electron chi connectivity index (χ0n) is 10.3. The normalized spacial score (nSPS) is 10.1. The van der Waals surface area contributed by atoms with E-state index in [4.69, 9.17) is 5.73 Å². The predicted molar refractivity (Wildman–Crippen MR) is 82.0 cm³/mol. The molecule has 0 fully saturated rings. The molecule has 7 nitrogen and oxygen atoms in total. The van der Waals surface area contributed by atoms with E-state index in [-0.39, 0.29) is 29.8 Å². The third-order valence-electron chi connectivity index (χ3n) is 2.24. The van der Waals surface area contributed by atoms with Crippen LogP contribution in [0.2, 0.25) is 0 Å². The van der Waals surface area contributed by atoms with Gasteiger partial charge in [-0.15, -0.1) is 23.7 Å². The number of nitrogen functional groups attached to an aromatic ring is 1. The topological polar surface area (TPSA) is 106 Å². The molecule has 2 rings (SSSR count).